The van der Waals surface area contributed by atoms with E-state index in [0.29, 0.717) is 36.8 Å². The van der Waals surface area contributed by atoms with Crippen LogP contribution >= 0.6 is 25.3 Å². The molecule has 2 aliphatic rings. The molecule has 498 valence electrons. The van der Waals surface area contributed by atoms with Gasteiger partial charge < -0.3 is 85.7 Å². The van der Waals surface area contributed by atoms with Gasteiger partial charge in [0.05, 0.1) is 12.1 Å². The first kappa shape index (κ1) is 74.8. The number of likely N-dealkylation sites (tertiary alicyclic amines) is 1. The number of benzene rings is 2. The molecule has 4 rings (SSSR count). The SMILES string of the molecule is CCC[C@H](NC(=O)[C@@H](NC(=O)[C@@H]1C[C@@H](O)CN1C(=O)[C@H](CC1CCCCC1)NC(=O)[C@H](Cc1ccccc1)NC(=O)[C@H](Cc1ccc(O)cc1)NC(=O)[C@H](CCC(N)=O)NC(=O)[C@H](CCCN=C(N)N)NC(=O)[C@@H](N)CS)[C@@H](C)CC)C(=O)N[C@@H](CS)C(=O)O. The second-order valence-corrected chi connectivity index (χ2v) is 23.8. The van der Waals surface area contributed by atoms with Gasteiger partial charge in [-0.3, -0.25) is 52.9 Å². The molecule has 2 aromatic rings. The van der Waals surface area contributed by atoms with Gasteiger partial charge >= 0.3 is 5.97 Å². The van der Waals surface area contributed by atoms with Crippen LogP contribution in [0, 0.1) is 11.8 Å². The van der Waals surface area contributed by atoms with Crippen LogP contribution in [0.1, 0.15) is 122 Å². The van der Waals surface area contributed by atoms with Crippen LogP contribution in [0.3, 0.4) is 0 Å². The predicted octanol–water partition coefficient (Wildman–Crippen LogP) is -1.58. The van der Waals surface area contributed by atoms with Gasteiger partial charge in [0.1, 0.15) is 60.1 Å². The maximum atomic E-state index is 15.2. The van der Waals surface area contributed by atoms with E-state index in [-0.39, 0.29) is 93.6 Å². The number of β-amino-alcohol motifs (C(OH)–C–C–N with tert-alkyl or cyclic N) is 1. The fourth-order valence-corrected chi connectivity index (χ4v) is 11.0. The average Bonchev–Trinajstić information content (AvgIpc) is 1.85. The first-order chi connectivity index (χ1) is 42.8. The van der Waals surface area contributed by atoms with Gasteiger partial charge in [-0.05, 0) is 67.2 Å². The molecular formula is C60H92N14O14S2. The molecule has 0 bridgehead atoms. The van der Waals surface area contributed by atoms with Gasteiger partial charge in [0.2, 0.25) is 59.1 Å². The third-order valence-corrected chi connectivity index (χ3v) is 16.7. The molecule has 1 aliphatic carbocycles. The number of aromatic hydroxyl groups is 1. The molecule has 1 aliphatic heterocycles. The number of hydrogen-bond acceptors (Lipinski definition) is 17. The summed E-state index contributed by atoms with van der Waals surface area (Å²) in [4.78, 5) is 158. The third kappa shape index (κ3) is 24.6. The summed E-state index contributed by atoms with van der Waals surface area (Å²) in [6.45, 7) is 4.98. The molecule has 1 heterocycles. The topological polar surface area (TPSA) is 464 Å². The predicted molar refractivity (Wildman–Crippen MR) is 341 cm³/mol. The maximum Gasteiger partial charge on any atom is 0.327 e. The number of guanidine groups is 1. The van der Waals surface area contributed by atoms with E-state index >= 15 is 9.59 Å². The number of aliphatic imine (C=N–C) groups is 1. The lowest BCUT2D eigenvalue weighted by molar-refractivity contribution is -0.143. The number of amides is 10. The summed E-state index contributed by atoms with van der Waals surface area (Å²) in [5, 5.41) is 52.1. The van der Waals surface area contributed by atoms with Gasteiger partial charge in [0, 0.05) is 50.3 Å². The molecule has 1 saturated heterocycles. The Morgan fingerprint density at radius 3 is 1.68 bits per heavy atom. The maximum absolute atomic E-state index is 15.2. The van der Waals surface area contributed by atoms with E-state index in [0.717, 1.165) is 24.2 Å². The first-order valence-electron chi connectivity index (χ1n) is 30.6. The van der Waals surface area contributed by atoms with Gasteiger partial charge in [-0.2, -0.15) is 25.3 Å². The van der Waals surface area contributed by atoms with E-state index in [9.17, 15) is 58.5 Å². The largest absolute Gasteiger partial charge is 0.508 e. The molecule has 2 fully saturated rings. The molecule has 12 atom stereocenters. The Morgan fingerprint density at radius 1 is 0.633 bits per heavy atom. The normalized spacial score (nSPS) is 18.2. The van der Waals surface area contributed by atoms with Crippen LogP contribution in [0.15, 0.2) is 59.6 Å². The Morgan fingerprint density at radius 2 is 1.14 bits per heavy atom. The van der Waals surface area contributed by atoms with Crippen molar-refractivity contribution in [2.45, 2.75) is 190 Å². The van der Waals surface area contributed by atoms with Crippen LogP contribution in [0.2, 0.25) is 0 Å². The highest BCUT2D eigenvalue weighted by atomic mass is 32.1. The average molecular weight is 1300 g/mol. The zero-order valence-corrected chi connectivity index (χ0v) is 53.1. The molecule has 28 nitrogen and oxygen atoms in total. The van der Waals surface area contributed by atoms with Crippen LogP contribution in [0.25, 0.3) is 0 Å². The van der Waals surface area contributed by atoms with Crippen LogP contribution in [-0.4, -0.2) is 182 Å². The first-order valence-corrected chi connectivity index (χ1v) is 31.8. The molecule has 2 aromatic carbocycles. The highest BCUT2D eigenvalue weighted by Crippen LogP contribution is 2.30. The van der Waals surface area contributed by atoms with E-state index in [1.807, 2.05) is 0 Å². The van der Waals surface area contributed by atoms with Crippen molar-refractivity contribution in [3.63, 3.8) is 0 Å². The summed E-state index contributed by atoms with van der Waals surface area (Å²) in [6, 6.07) is 0.801. The van der Waals surface area contributed by atoms with Gasteiger partial charge in [-0.1, -0.05) is 108 Å². The van der Waals surface area contributed by atoms with Crippen molar-refractivity contribution in [1.82, 2.24) is 47.4 Å². The zero-order valence-electron chi connectivity index (χ0n) is 51.3. The van der Waals surface area contributed by atoms with Crippen LogP contribution in [-0.2, 0) is 65.6 Å². The molecule has 30 heteroatoms. The Balaban J connectivity index is 1.70. The molecule has 19 N–H and O–H groups in total. The van der Waals surface area contributed by atoms with E-state index in [1.54, 1.807) is 51.1 Å². The lowest BCUT2D eigenvalue weighted by atomic mass is 9.84. The van der Waals surface area contributed by atoms with Crippen LogP contribution in [0.5, 0.6) is 5.75 Å². The number of phenols is 1. The fraction of sp³-hybridized carbons (Fsp3) is 0.600. The number of nitrogens with two attached hydrogens (primary N) is 4. The lowest BCUT2D eigenvalue weighted by Crippen LogP contribution is -2.61. The lowest BCUT2D eigenvalue weighted by Gasteiger charge is -2.33. The Hall–Kier alpha value is -7.70. The van der Waals surface area contributed by atoms with Gasteiger partial charge in [0.25, 0.3) is 0 Å². The van der Waals surface area contributed by atoms with Crippen molar-refractivity contribution in [1.29, 1.82) is 0 Å². The standard InChI is InChI=1S/C60H92N14O14S2/c1-4-13-40(51(79)72-46(32-90)59(87)88)68-57(85)49(33(3)5-2)73-56(84)47-29-38(76)30-74(47)58(86)45(28-35-16-10-7-11-17-35)71-55(83)43(26-34-14-8-6-9-15-34)70-54(82)44(27-36-19-21-37(75)22-20-36)69-53(81)42(23-24-48(62)77)67-52(80)41(18-12-25-65-60(63)64)66-50(78)39(61)31-89/h6,8-9,14-15,19-22,33,35,38-47,49,75-76,89-90H,4-5,7,10-13,16-18,23-32,61H2,1-3H3,(H2,62,77)(H,66,78)(H,67,80)(H,68,85)(H,69,81)(H,70,82)(H,71,83)(H,72,79)(H,73,84)(H,87,88)(H4,63,64,65)/t33-,38+,39-,40-,41-,42-,43-,44-,45-,46-,47-,49-/m0/s1. The number of aliphatic hydroxyl groups is 1. The second-order valence-electron chi connectivity index (χ2n) is 23.0. The third-order valence-electron chi connectivity index (χ3n) is 15.9. The number of carbonyl (C=O) groups is 11. The molecule has 1 saturated carbocycles. The minimum atomic E-state index is -1.56. The van der Waals surface area contributed by atoms with Crippen molar-refractivity contribution >= 4 is 96.3 Å². The number of hydrogen-bond donors (Lipinski definition) is 17. The summed E-state index contributed by atoms with van der Waals surface area (Å²) < 4.78 is 0. The van der Waals surface area contributed by atoms with Crippen molar-refractivity contribution < 1.29 is 68.1 Å². The van der Waals surface area contributed by atoms with Gasteiger partial charge in [-0.25, -0.2) is 4.79 Å². The Bertz CT molecular complexity index is 2780. The summed E-state index contributed by atoms with van der Waals surface area (Å²) in [5.74, 6) is -10.8. The number of carbonyl (C=O) groups excluding carboxylic acids is 10. The number of carboxylic acid groups (broad SMARTS) is 1. The quantitative estimate of drug-likeness (QED) is 0.0157. The smallest absolute Gasteiger partial charge is 0.327 e. The van der Waals surface area contributed by atoms with Crippen LogP contribution < -0.4 is 65.5 Å². The van der Waals surface area contributed by atoms with E-state index in [2.05, 4.69) is 72.8 Å². The summed E-state index contributed by atoms with van der Waals surface area (Å²) in [5.41, 5.74) is 23.3. The number of phenolic OH excluding ortho intramolecular Hbond substituents is 1. The molecule has 0 radical (unpaired) electrons. The number of primary amides is 1. The van der Waals surface area contributed by atoms with Crippen LogP contribution in [0.4, 0.5) is 0 Å². The van der Waals surface area contributed by atoms with Crippen molar-refractivity contribution in [2.24, 2.45) is 39.8 Å². The highest BCUT2D eigenvalue weighted by Gasteiger charge is 2.44. The fourth-order valence-electron chi connectivity index (χ4n) is 10.6. The number of nitrogens with zero attached hydrogens (tertiary/aromatic N) is 2. The van der Waals surface area contributed by atoms with Crippen molar-refractivity contribution in [3.05, 3.63) is 65.7 Å². The van der Waals surface area contributed by atoms with Gasteiger partial charge in [0.15, 0.2) is 5.96 Å². The highest BCUT2D eigenvalue weighted by molar-refractivity contribution is 7.80. The summed E-state index contributed by atoms with van der Waals surface area (Å²) in [7, 11) is 0. The molecule has 0 aromatic heterocycles. The number of rotatable bonds is 37. The van der Waals surface area contributed by atoms with E-state index in [4.69, 9.17) is 22.9 Å². The monoisotopic (exact) mass is 1300 g/mol. The minimum absolute atomic E-state index is 0.0435. The Kier molecular flexibility index (Phi) is 31.6. The molecule has 0 unspecified atom stereocenters. The number of aliphatic carboxylic acids is 1. The van der Waals surface area contributed by atoms with Gasteiger partial charge in [-0.15, -0.1) is 0 Å². The molecule has 90 heavy (non-hydrogen) atoms. The van der Waals surface area contributed by atoms with E-state index < -0.39 is 144 Å². The summed E-state index contributed by atoms with van der Waals surface area (Å²) in [6.07, 6.45) is 2.55. The molecular weight excluding hydrogens is 1200 g/mol. The number of thiol groups is 2. The van der Waals surface area contributed by atoms with Crippen molar-refractivity contribution in [2.75, 3.05) is 24.6 Å². The number of nitrogens with one attached hydrogen (secondary N) is 8. The van der Waals surface area contributed by atoms with E-state index in [1.165, 1.54) is 24.3 Å². The second kappa shape index (κ2) is 38.1. The minimum Gasteiger partial charge on any atom is -0.508 e. The Labute approximate surface area is 535 Å². The zero-order chi connectivity index (χ0) is 66.6. The number of carboxylic acids is 1. The van der Waals surface area contributed by atoms with Crippen molar-refractivity contribution in [3.8, 4) is 5.75 Å². The number of aliphatic hydroxyl groups excluding tert-OH is 1. The summed E-state index contributed by atoms with van der Waals surface area (Å²) >= 11 is 8.09. The molecule has 0 spiro atoms. The molecule has 10 amide bonds.